The number of anilines is 1. The Morgan fingerprint density at radius 1 is 1.11 bits per heavy atom. The Morgan fingerprint density at radius 2 is 1.85 bits per heavy atom. The number of hydrogen-bond donors (Lipinski definition) is 2. The summed E-state index contributed by atoms with van der Waals surface area (Å²) in [5.41, 5.74) is 1.80. The van der Waals surface area contributed by atoms with Gasteiger partial charge in [-0.15, -0.1) is 0 Å². The Balaban J connectivity index is 1.53. The van der Waals surface area contributed by atoms with Crippen LogP contribution >= 0.6 is 15.9 Å². The highest BCUT2D eigenvalue weighted by Gasteiger charge is 2.21. The van der Waals surface area contributed by atoms with Gasteiger partial charge in [-0.25, -0.2) is 0 Å². The number of benzene rings is 2. The van der Waals surface area contributed by atoms with Gasteiger partial charge in [0.05, 0.1) is 11.7 Å². The van der Waals surface area contributed by atoms with Crippen molar-refractivity contribution in [1.82, 2.24) is 5.32 Å². The molecule has 0 saturated carbocycles. The predicted molar refractivity (Wildman–Crippen MR) is 102 cm³/mol. The molecule has 2 amide bonds. The van der Waals surface area contributed by atoms with Crippen LogP contribution in [-0.4, -0.2) is 31.6 Å². The van der Waals surface area contributed by atoms with Crippen LogP contribution < -0.4 is 24.8 Å². The van der Waals surface area contributed by atoms with Crippen molar-refractivity contribution in [2.75, 3.05) is 25.1 Å². The zero-order valence-electron chi connectivity index (χ0n) is 14.5. The molecule has 2 aromatic rings. The quantitative estimate of drug-likeness (QED) is 0.778. The highest BCUT2D eigenvalue weighted by molar-refractivity contribution is 9.10. The zero-order valence-corrected chi connectivity index (χ0v) is 16.1. The van der Waals surface area contributed by atoms with Gasteiger partial charge in [-0.2, -0.15) is 0 Å². The molecule has 27 heavy (non-hydrogen) atoms. The molecule has 2 aliphatic heterocycles. The summed E-state index contributed by atoms with van der Waals surface area (Å²) in [6.07, 6.45) is 0. The molecule has 0 aromatic heterocycles. The number of carbonyl (C=O) groups is 2. The first-order valence-electron chi connectivity index (χ1n) is 8.48. The molecule has 140 valence electrons. The van der Waals surface area contributed by atoms with Crippen LogP contribution in [0.5, 0.6) is 17.2 Å². The van der Waals surface area contributed by atoms with Crippen LogP contribution in [0.15, 0.2) is 34.8 Å². The van der Waals surface area contributed by atoms with Crippen molar-refractivity contribution in [3.05, 3.63) is 45.9 Å². The molecule has 0 bridgehead atoms. The molecule has 2 N–H and O–H groups in total. The van der Waals surface area contributed by atoms with E-state index in [4.69, 9.17) is 14.2 Å². The maximum absolute atomic E-state index is 12.7. The van der Waals surface area contributed by atoms with Crippen LogP contribution in [-0.2, 0) is 4.79 Å². The topological polar surface area (TPSA) is 85.9 Å². The van der Waals surface area contributed by atoms with E-state index in [0.29, 0.717) is 41.7 Å². The first-order chi connectivity index (χ1) is 13.0. The lowest BCUT2D eigenvalue weighted by Crippen LogP contribution is -2.28. The van der Waals surface area contributed by atoms with E-state index in [1.165, 1.54) is 0 Å². The second-order valence-electron chi connectivity index (χ2n) is 6.26. The first kappa shape index (κ1) is 17.7. The lowest BCUT2D eigenvalue weighted by atomic mass is 10.1. The van der Waals surface area contributed by atoms with Gasteiger partial charge in [-0.3, -0.25) is 9.59 Å². The monoisotopic (exact) mass is 432 g/mol. The predicted octanol–water partition coefficient (Wildman–Crippen LogP) is 3.04. The summed E-state index contributed by atoms with van der Waals surface area (Å²) in [5.74, 6) is 1.39. The summed E-state index contributed by atoms with van der Waals surface area (Å²) in [4.78, 5) is 24.1. The molecule has 0 saturated heterocycles. The molecule has 8 heteroatoms. The SMILES string of the molecule is CC(NC(=O)c1ccc2c(c1)NC(=O)CO2)c1cc2c(cc1Br)OCCO2. The number of amides is 2. The Labute approximate surface area is 164 Å². The van der Waals surface area contributed by atoms with E-state index in [-0.39, 0.29) is 24.5 Å². The normalized spacial score (nSPS) is 15.9. The molecule has 2 aromatic carbocycles. The fourth-order valence-corrected chi connectivity index (χ4v) is 3.66. The fraction of sp³-hybridized carbons (Fsp3) is 0.263. The number of nitrogens with one attached hydrogen (secondary N) is 2. The maximum atomic E-state index is 12.7. The minimum Gasteiger partial charge on any atom is -0.486 e. The second-order valence-corrected chi connectivity index (χ2v) is 7.11. The molecule has 2 heterocycles. The van der Waals surface area contributed by atoms with E-state index in [2.05, 4.69) is 26.6 Å². The smallest absolute Gasteiger partial charge is 0.262 e. The van der Waals surface area contributed by atoms with Gasteiger partial charge in [-0.1, -0.05) is 15.9 Å². The summed E-state index contributed by atoms with van der Waals surface area (Å²) < 4.78 is 17.3. The van der Waals surface area contributed by atoms with Crippen molar-refractivity contribution >= 4 is 33.4 Å². The Kier molecular flexibility index (Phi) is 4.65. The Hall–Kier alpha value is -2.74. The maximum Gasteiger partial charge on any atom is 0.262 e. The molecule has 4 rings (SSSR count). The van der Waals surface area contributed by atoms with Gasteiger partial charge in [-0.05, 0) is 42.8 Å². The summed E-state index contributed by atoms with van der Waals surface area (Å²) in [6, 6.07) is 8.38. The summed E-state index contributed by atoms with van der Waals surface area (Å²) >= 11 is 3.53. The van der Waals surface area contributed by atoms with Crippen molar-refractivity contribution in [2.45, 2.75) is 13.0 Å². The van der Waals surface area contributed by atoms with Crippen LogP contribution in [0, 0.1) is 0 Å². The minimum atomic E-state index is -0.274. The lowest BCUT2D eigenvalue weighted by Gasteiger charge is -2.23. The average Bonchev–Trinajstić information content (AvgIpc) is 2.66. The van der Waals surface area contributed by atoms with Crippen molar-refractivity contribution in [2.24, 2.45) is 0 Å². The number of carbonyl (C=O) groups excluding carboxylic acids is 2. The van der Waals surface area contributed by atoms with E-state index in [9.17, 15) is 9.59 Å². The van der Waals surface area contributed by atoms with E-state index < -0.39 is 0 Å². The molecule has 1 unspecified atom stereocenters. The fourth-order valence-electron chi connectivity index (χ4n) is 2.99. The third kappa shape index (κ3) is 3.57. The number of halogens is 1. The number of ether oxygens (including phenoxy) is 3. The van der Waals surface area contributed by atoms with E-state index >= 15 is 0 Å². The van der Waals surface area contributed by atoms with Gasteiger partial charge in [0, 0.05) is 10.0 Å². The Bertz CT molecular complexity index is 931. The van der Waals surface area contributed by atoms with Crippen molar-refractivity contribution in [3.63, 3.8) is 0 Å². The van der Waals surface area contributed by atoms with Crippen LogP contribution in [0.2, 0.25) is 0 Å². The minimum absolute atomic E-state index is 0.0201. The molecule has 1 atom stereocenters. The highest BCUT2D eigenvalue weighted by Crippen LogP contribution is 2.38. The van der Waals surface area contributed by atoms with Gasteiger partial charge in [0.2, 0.25) is 0 Å². The third-order valence-corrected chi connectivity index (χ3v) is 5.04. The largest absolute Gasteiger partial charge is 0.486 e. The van der Waals surface area contributed by atoms with Gasteiger partial charge in [0.15, 0.2) is 18.1 Å². The number of rotatable bonds is 3. The number of hydrogen-bond acceptors (Lipinski definition) is 5. The highest BCUT2D eigenvalue weighted by atomic mass is 79.9. The molecular formula is C19H17BrN2O5. The molecule has 0 spiro atoms. The summed E-state index contributed by atoms with van der Waals surface area (Å²) in [5, 5.41) is 5.66. The summed E-state index contributed by atoms with van der Waals surface area (Å²) in [7, 11) is 0. The molecule has 0 radical (unpaired) electrons. The number of fused-ring (bicyclic) bond motifs is 2. The van der Waals surface area contributed by atoms with Gasteiger partial charge < -0.3 is 24.8 Å². The average molecular weight is 433 g/mol. The zero-order chi connectivity index (χ0) is 19.0. The molecular weight excluding hydrogens is 416 g/mol. The van der Waals surface area contributed by atoms with Crippen LogP contribution in [0.4, 0.5) is 5.69 Å². The van der Waals surface area contributed by atoms with E-state index in [0.717, 1.165) is 10.0 Å². The molecule has 0 fully saturated rings. The summed E-state index contributed by atoms with van der Waals surface area (Å²) in [6.45, 7) is 2.88. The van der Waals surface area contributed by atoms with Gasteiger partial charge in [0.25, 0.3) is 11.8 Å². The Morgan fingerprint density at radius 3 is 2.63 bits per heavy atom. The molecule has 0 aliphatic carbocycles. The van der Waals surface area contributed by atoms with E-state index in [1.54, 1.807) is 18.2 Å². The van der Waals surface area contributed by atoms with Crippen molar-refractivity contribution in [3.8, 4) is 17.2 Å². The van der Waals surface area contributed by atoms with Crippen molar-refractivity contribution < 1.29 is 23.8 Å². The second kappa shape index (κ2) is 7.11. The lowest BCUT2D eigenvalue weighted by molar-refractivity contribution is -0.118. The molecule has 7 nitrogen and oxygen atoms in total. The standard InChI is InChI=1S/C19H17BrN2O5/c1-10(12-7-16-17(8-13(12)20)26-5-4-25-16)21-19(24)11-2-3-15-14(6-11)22-18(23)9-27-15/h2-3,6-8,10H,4-5,9H2,1H3,(H,21,24)(H,22,23). The molecule has 2 aliphatic rings. The van der Waals surface area contributed by atoms with Crippen molar-refractivity contribution in [1.29, 1.82) is 0 Å². The third-order valence-electron chi connectivity index (χ3n) is 4.35. The van der Waals surface area contributed by atoms with Crippen LogP contribution in [0.1, 0.15) is 28.9 Å². The van der Waals surface area contributed by atoms with E-state index in [1.807, 2.05) is 19.1 Å². The van der Waals surface area contributed by atoms with Gasteiger partial charge >= 0.3 is 0 Å². The van der Waals surface area contributed by atoms with Crippen LogP contribution in [0.25, 0.3) is 0 Å². The van der Waals surface area contributed by atoms with Gasteiger partial charge in [0.1, 0.15) is 19.0 Å². The van der Waals surface area contributed by atoms with Crippen LogP contribution in [0.3, 0.4) is 0 Å². The first-order valence-corrected chi connectivity index (χ1v) is 9.27.